The van der Waals surface area contributed by atoms with E-state index in [-0.39, 0.29) is 11.8 Å². The van der Waals surface area contributed by atoms with Crippen molar-refractivity contribution in [3.63, 3.8) is 0 Å². The minimum Gasteiger partial charge on any atom is -0.481 e. The predicted molar refractivity (Wildman–Crippen MR) is 85.3 cm³/mol. The molecule has 7 nitrogen and oxygen atoms in total. The molecule has 0 aromatic heterocycles. The molecule has 0 amide bonds. The van der Waals surface area contributed by atoms with Crippen molar-refractivity contribution in [3.05, 3.63) is 0 Å². The maximum atomic E-state index is 10.6. The van der Waals surface area contributed by atoms with Crippen LogP contribution in [0.15, 0.2) is 0 Å². The van der Waals surface area contributed by atoms with Gasteiger partial charge in [-0.2, -0.15) is 0 Å². The summed E-state index contributed by atoms with van der Waals surface area (Å²) in [6.07, 6.45) is 7.93. The van der Waals surface area contributed by atoms with Crippen LogP contribution in [0.3, 0.4) is 0 Å². The number of rotatable bonds is 8. The van der Waals surface area contributed by atoms with Gasteiger partial charge in [0.25, 0.3) is 0 Å². The molecule has 1 atom stereocenters. The molecule has 0 bridgehead atoms. The van der Waals surface area contributed by atoms with Crippen LogP contribution in [0.1, 0.15) is 57.8 Å². The summed E-state index contributed by atoms with van der Waals surface area (Å²) in [5.41, 5.74) is 16.0. The van der Waals surface area contributed by atoms with E-state index in [1.54, 1.807) is 0 Å². The van der Waals surface area contributed by atoms with Crippen molar-refractivity contribution in [1.29, 1.82) is 0 Å². The summed E-state index contributed by atoms with van der Waals surface area (Å²) in [7, 11) is 0. The summed E-state index contributed by atoms with van der Waals surface area (Å²) < 4.78 is 0. The van der Waals surface area contributed by atoms with Gasteiger partial charge in [0.1, 0.15) is 6.04 Å². The lowest BCUT2D eigenvalue weighted by atomic mass is 9.72. The summed E-state index contributed by atoms with van der Waals surface area (Å²) in [6, 6.07) is -0.716. The molecular weight excluding hydrogens is 286 g/mol. The third-order valence-corrected chi connectivity index (χ3v) is 4.16. The van der Waals surface area contributed by atoms with Crippen LogP contribution < -0.4 is 17.2 Å². The summed E-state index contributed by atoms with van der Waals surface area (Å²) in [4.78, 5) is 20.7. The quantitative estimate of drug-likeness (QED) is 0.417. The van der Waals surface area contributed by atoms with Gasteiger partial charge in [0, 0.05) is 0 Å². The standard InChI is InChI=1S/C9H17NO2.C6H14N2O2/c10-7-9(6-8(11)12)4-2-1-3-5-9;7-4-2-1-3-5(8)6(9)10/h1-7,10H2,(H,11,12);5H,1-4,7-8H2,(H,9,10)/t;5-/m.0/s1. The van der Waals surface area contributed by atoms with Crippen LogP contribution in [0.4, 0.5) is 0 Å². The maximum absolute atomic E-state index is 10.6. The highest BCUT2D eigenvalue weighted by atomic mass is 16.4. The minimum atomic E-state index is -0.933. The van der Waals surface area contributed by atoms with Gasteiger partial charge < -0.3 is 27.4 Å². The first kappa shape index (κ1) is 20.8. The molecule has 130 valence electrons. The largest absolute Gasteiger partial charge is 0.481 e. The third-order valence-electron chi connectivity index (χ3n) is 4.16. The first-order valence-corrected chi connectivity index (χ1v) is 7.97. The number of hydrogen-bond acceptors (Lipinski definition) is 5. The fourth-order valence-electron chi connectivity index (χ4n) is 2.71. The molecule has 0 aromatic carbocycles. The molecule has 0 radical (unpaired) electrons. The van der Waals surface area contributed by atoms with Gasteiger partial charge in [-0.05, 0) is 44.2 Å². The Morgan fingerprint density at radius 2 is 1.64 bits per heavy atom. The molecule has 1 fully saturated rings. The highest BCUT2D eigenvalue weighted by molar-refractivity contribution is 5.72. The first-order chi connectivity index (χ1) is 10.4. The van der Waals surface area contributed by atoms with E-state index in [0.717, 1.165) is 38.5 Å². The van der Waals surface area contributed by atoms with Crippen molar-refractivity contribution in [1.82, 2.24) is 0 Å². The molecule has 1 saturated carbocycles. The Kier molecular flexibility index (Phi) is 10.8. The second-order valence-corrected chi connectivity index (χ2v) is 6.06. The molecule has 0 aromatic rings. The lowest BCUT2D eigenvalue weighted by Crippen LogP contribution is -2.34. The monoisotopic (exact) mass is 317 g/mol. The first-order valence-electron chi connectivity index (χ1n) is 7.97. The fraction of sp³-hybridized carbons (Fsp3) is 0.867. The lowest BCUT2D eigenvalue weighted by molar-refractivity contribution is -0.140. The van der Waals surface area contributed by atoms with Crippen molar-refractivity contribution in [3.8, 4) is 0 Å². The van der Waals surface area contributed by atoms with Gasteiger partial charge in [-0.25, -0.2) is 0 Å². The number of carboxylic acid groups (broad SMARTS) is 2. The van der Waals surface area contributed by atoms with Gasteiger partial charge in [-0.3, -0.25) is 9.59 Å². The Balaban J connectivity index is 0.000000409. The summed E-state index contributed by atoms with van der Waals surface area (Å²) in [5.74, 6) is -1.64. The second-order valence-electron chi connectivity index (χ2n) is 6.06. The summed E-state index contributed by atoms with van der Waals surface area (Å²) in [6.45, 7) is 1.13. The van der Waals surface area contributed by atoms with Crippen LogP contribution in [0.2, 0.25) is 0 Å². The molecule has 1 aliphatic rings. The molecule has 22 heavy (non-hydrogen) atoms. The summed E-state index contributed by atoms with van der Waals surface area (Å²) >= 11 is 0. The van der Waals surface area contributed by atoms with Gasteiger partial charge >= 0.3 is 11.9 Å². The van der Waals surface area contributed by atoms with E-state index < -0.39 is 18.0 Å². The van der Waals surface area contributed by atoms with E-state index in [1.165, 1.54) is 6.42 Å². The number of carboxylic acids is 2. The number of hydrogen-bond donors (Lipinski definition) is 5. The molecular formula is C15H31N3O4. The van der Waals surface area contributed by atoms with E-state index in [9.17, 15) is 9.59 Å². The number of nitrogens with two attached hydrogens (primary N) is 3. The van der Waals surface area contributed by atoms with Crippen LogP contribution in [0.25, 0.3) is 0 Å². The van der Waals surface area contributed by atoms with E-state index in [1.807, 2.05) is 0 Å². The highest BCUT2D eigenvalue weighted by Crippen LogP contribution is 2.38. The minimum absolute atomic E-state index is 0.0793. The topological polar surface area (TPSA) is 153 Å². The number of aliphatic carboxylic acids is 2. The van der Waals surface area contributed by atoms with Crippen LogP contribution in [0, 0.1) is 5.41 Å². The van der Waals surface area contributed by atoms with Crippen molar-refractivity contribution in [2.24, 2.45) is 22.6 Å². The Morgan fingerprint density at radius 3 is 2.05 bits per heavy atom. The lowest BCUT2D eigenvalue weighted by Gasteiger charge is -2.34. The van der Waals surface area contributed by atoms with Gasteiger partial charge in [0.2, 0.25) is 0 Å². The van der Waals surface area contributed by atoms with Crippen LogP contribution in [-0.4, -0.2) is 41.3 Å². The van der Waals surface area contributed by atoms with Crippen molar-refractivity contribution in [2.45, 2.75) is 63.8 Å². The van der Waals surface area contributed by atoms with Gasteiger partial charge in [-0.1, -0.05) is 25.7 Å². The Morgan fingerprint density at radius 1 is 1.05 bits per heavy atom. The van der Waals surface area contributed by atoms with Crippen molar-refractivity contribution >= 4 is 11.9 Å². The smallest absolute Gasteiger partial charge is 0.320 e. The van der Waals surface area contributed by atoms with Crippen molar-refractivity contribution in [2.75, 3.05) is 13.1 Å². The molecule has 0 saturated heterocycles. The zero-order valence-electron chi connectivity index (χ0n) is 13.3. The van der Waals surface area contributed by atoms with Crippen LogP contribution in [-0.2, 0) is 9.59 Å². The Bertz CT molecular complexity index is 331. The molecule has 1 rings (SSSR count). The SMILES string of the molecule is NCC1(CC(=O)O)CCCCC1.NCCCC[C@H](N)C(=O)O. The molecule has 7 heteroatoms. The van der Waals surface area contributed by atoms with Crippen LogP contribution in [0.5, 0.6) is 0 Å². The van der Waals surface area contributed by atoms with E-state index in [0.29, 0.717) is 19.5 Å². The van der Waals surface area contributed by atoms with Gasteiger partial charge in [0.05, 0.1) is 6.42 Å². The van der Waals surface area contributed by atoms with Gasteiger partial charge in [-0.15, -0.1) is 0 Å². The fourth-order valence-corrected chi connectivity index (χ4v) is 2.71. The Hall–Kier alpha value is -1.18. The zero-order chi connectivity index (χ0) is 17.0. The van der Waals surface area contributed by atoms with E-state index in [4.69, 9.17) is 27.4 Å². The average molecular weight is 317 g/mol. The van der Waals surface area contributed by atoms with Crippen molar-refractivity contribution < 1.29 is 19.8 Å². The normalized spacial score (nSPS) is 18.0. The molecule has 0 aliphatic heterocycles. The molecule has 8 N–H and O–H groups in total. The average Bonchev–Trinajstić information content (AvgIpc) is 2.48. The van der Waals surface area contributed by atoms with Crippen LogP contribution >= 0.6 is 0 Å². The molecule has 0 unspecified atom stereocenters. The maximum Gasteiger partial charge on any atom is 0.320 e. The molecule has 0 heterocycles. The molecule has 0 spiro atoms. The highest BCUT2D eigenvalue weighted by Gasteiger charge is 2.32. The zero-order valence-corrected chi connectivity index (χ0v) is 13.3. The summed E-state index contributed by atoms with van der Waals surface area (Å²) in [5, 5.41) is 17.0. The van der Waals surface area contributed by atoms with Gasteiger partial charge in [0.15, 0.2) is 0 Å². The molecule has 1 aliphatic carbocycles. The second kappa shape index (κ2) is 11.4. The Labute approximate surface area is 132 Å². The third kappa shape index (κ3) is 8.96. The predicted octanol–water partition coefficient (Wildman–Crippen LogP) is 0.898. The number of carbonyl (C=O) groups is 2. The van der Waals surface area contributed by atoms with E-state index >= 15 is 0 Å². The van der Waals surface area contributed by atoms with E-state index in [2.05, 4.69) is 0 Å². The number of unbranched alkanes of at least 4 members (excludes halogenated alkanes) is 1.